The maximum atomic E-state index is 13.3. The van der Waals surface area contributed by atoms with Gasteiger partial charge in [0.05, 0.1) is 5.52 Å². The molecule has 0 fully saturated rings. The van der Waals surface area contributed by atoms with Gasteiger partial charge in [0, 0.05) is 46.8 Å². The fraction of sp³-hybridized carbons (Fsp3) is 0.111. The second-order valence-electron chi connectivity index (χ2n) is 8.30. The number of fused-ring (bicyclic) bond motifs is 1. The van der Waals surface area contributed by atoms with E-state index in [-0.39, 0.29) is 23.5 Å². The van der Waals surface area contributed by atoms with Gasteiger partial charge in [0.15, 0.2) is 0 Å². The minimum absolute atomic E-state index is 0.263. The number of pyridine rings is 1. The molecule has 8 nitrogen and oxygen atoms in total. The number of rotatable bonds is 10. The summed E-state index contributed by atoms with van der Waals surface area (Å²) in [5.41, 5.74) is 3.04. The largest absolute Gasteiger partial charge is 0.384 e. The third-order valence-electron chi connectivity index (χ3n) is 5.49. The Balaban J connectivity index is 1.24. The molecular formula is C27H23ClF2N8. The standard InChI is InChI=1S/C27H23ClF2N8/c28-17-2-11-22-23(12-15-32-24(22)16-17)31-13-1-14-33-25-36-26(34-20-7-3-18(29)4-8-20)38-27(37-25)35-21-9-5-19(30)6-10-21/h2-12,15-16H,1,13-14H2,(H,31,32)(H3,33,34,35,36,37,38). The molecule has 0 bridgehead atoms. The molecule has 0 atom stereocenters. The van der Waals surface area contributed by atoms with Crippen molar-refractivity contribution in [2.24, 2.45) is 0 Å². The summed E-state index contributed by atoms with van der Waals surface area (Å²) in [7, 11) is 0. The van der Waals surface area contributed by atoms with Crippen molar-refractivity contribution in [1.82, 2.24) is 19.9 Å². The van der Waals surface area contributed by atoms with Gasteiger partial charge in [0.2, 0.25) is 17.8 Å². The quantitative estimate of drug-likeness (QED) is 0.146. The summed E-state index contributed by atoms with van der Waals surface area (Å²) in [5.74, 6) is 0.185. The highest BCUT2D eigenvalue weighted by atomic mass is 35.5. The summed E-state index contributed by atoms with van der Waals surface area (Å²) in [6.07, 6.45) is 2.51. The van der Waals surface area contributed by atoms with Crippen LogP contribution in [0.3, 0.4) is 0 Å². The van der Waals surface area contributed by atoms with Crippen LogP contribution in [0.5, 0.6) is 0 Å². The highest BCUT2D eigenvalue weighted by molar-refractivity contribution is 6.31. The molecule has 5 rings (SSSR count). The average molecular weight is 533 g/mol. The van der Waals surface area contributed by atoms with Gasteiger partial charge in [0.1, 0.15) is 11.6 Å². The molecule has 0 unspecified atom stereocenters. The molecule has 0 aliphatic carbocycles. The van der Waals surface area contributed by atoms with Crippen molar-refractivity contribution in [1.29, 1.82) is 0 Å². The summed E-state index contributed by atoms with van der Waals surface area (Å²) < 4.78 is 26.6. The zero-order valence-electron chi connectivity index (χ0n) is 20.0. The van der Waals surface area contributed by atoms with Gasteiger partial charge in [-0.2, -0.15) is 15.0 Å². The van der Waals surface area contributed by atoms with Crippen molar-refractivity contribution in [3.05, 3.63) is 95.7 Å². The first-order chi connectivity index (χ1) is 18.5. The Kier molecular flexibility index (Phi) is 7.70. The summed E-state index contributed by atoms with van der Waals surface area (Å²) in [6, 6.07) is 19.3. The number of nitrogens with one attached hydrogen (secondary N) is 4. The Hall–Kier alpha value is -4.57. The first-order valence-corrected chi connectivity index (χ1v) is 12.2. The molecule has 0 aliphatic heterocycles. The fourth-order valence-corrected chi connectivity index (χ4v) is 3.84. The number of hydrogen-bond acceptors (Lipinski definition) is 8. The lowest BCUT2D eigenvalue weighted by Crippen LogP contribution is -2.13. The van der Waals surface area contributed by atoms with Crippen LogP contribution in [0, 0.1) is 11.6 Å². The lowest BCUT2D eigenvalue weighted by Gasteiger charge is -2.12. The summed E-state index contributed by atoms with van der Waals surface area (Å²) in [6.45, 7) is 1.28. The Labute approximate surface area is 222 Å². The van der Waals surface area contributed by atoms with E-state index in [2.05, 4.69) is 41.2 Å². The van der Waals surface area contributed by atoms with Crippen LogP contribution in [0.2, 0.25) is 5.02 Å². The van der Waals surface area contributed by atoms with E-state index in [0.29, 0.717) is 35.4 Å². The lowest BCUT2D eigenvalue weighted by atomic mass is 10.2. The maximum Gasteiger partial charge on any atom is 0.233 e. The van der Waals surface area contributed by atoms with Crippen molar-refractivity contribution in [3.63, 3.8) is 0 Å². The normalized spacial score (nSPS) is 10.8. The van der Waals surface area contributed by atoms with E-state index in [1.807, 2.05) is 24.3 Å². The molecule has 0 saturated heterocycles. The molecule has 11 heteroatoms. The van der Waals surface area contributed by atoms with Gasteiger partial charge in [-0.15, -0.1) is 0 Å². The van der Waals surface area contributed by atoms with Crippen molar-refractivity contribution in [2.45, 2.75) is 6.42 Å². The van der Waals surface area contributed by atoms with Crippen LogP contribution in [-0.4, -0.2) is 33.0 Å². The summed E-state index contributed by atoms with van der Waals surface area (Å²) >= 11 is 6.08. The van der Waals surface area contributed by atoms with Crippen LogP contribution in [0.4, 0.5) is 43.7 Å². The first-order valence-electron chi connectivity index (χ1n) is 11.9. The Morgan fingerprint density at radius 3 is 1.87 bits per heavy atom. The zero-order valence-corrected chi connectivity index (χ0v) is 20.8. The topological polar surface area (TPSA) is 99.7 Å². The molecule has 2 heterocycles. The smallest absolute Gasteiger partial charge is 0.233 e. The highest BCUT2D eigenvalue weighted by Gasteiger charge is 2.09. The molecule has 0 amide bonds. The number of nitrogens with zero attached hydrogens (tertiary/aromatic N) is 4. The molecular weight excluding hydrogens is 510 g/mol. The molecule has 3 aromatic carbocycles. The maximum absolute atomic E-state index is 13.3. The van der Waals surface area contributed by atoms with E-state index < -0.39 is 0 Å². The number of halogens is 3. The summed E-state index contributed by atoms with van der Waals surface area (Å²) in [5, 5.41) is 14.4. The van der Waals surface area contributed by atoms with E-state index in [0.717, 1.165) is 23.0 Å². The van der Waals surface area contributed by atoms with Gasteiger partial charge in [-0.05, 0) is 79.2 Å². The number of aromatic nitrogens is 4. The van der Waals surface area contributed by atoms with Crippen LogP contribution in [0.25, 0.3) is 10.9 Å². The van der Waals surface area contributed by atoms with Gasteiger partial charge in [-0.25, -0.2) is 8.78 Å². The average Bonchev–Trinajstić information content (AvgIpc) is 2.91. The van der Waals surface area contributed by atoms with E-state index >= 15 is 0 Å². The van der Waals surface area contributed by atoms with Crippen molar-refractivity contribution in [3.8, 4) is 0 Å². The van der Waals surface area contributed by atoms with Crippen LogP contribution in [0.15, 0.2) is 79.0 Å². The second-order valence-corrected chi connectivity index (χ2v) is 8.73. The molecule has 0 radical (unpaired) electrons. The third kappa shape index (κ3) is 6.60. The molecule has 4 N–H and O–H groups in total. The lowest BCUT2D eigenvalue weighted by molar-refractivity contribution is 0.627. The van der Waals surface area contributed by atoms with Gasteiger partial charge in [-0.3, -0.25) is 4.98 Å². The zero-order chi connectivity index (χ0) is 26.3. The number of hydrogen-bond donors (Lipinski definition) is 4. The van der Waals surface area contributed by atoms with Crippen LogP contribution >= 0.6 is 11.6 Å². The van der Waals surface area contributed by atoms with E-state index in [4.69, 9.17) is 11.6 Å². The van der Waals surface area contributed by atoms with E-state index in [1.165, 1.54) is 24.3 Å². The van der Waals surface area contributed by atoms with Crippen molar-refractivity contribution >= 4 is 57.4 Å². The van der Waals surface area contributed by atoms with Crippen LogP contribution in [0.1, 0.15) is 6.42 Å². The minimum atomic E-state index is -0.343. The van der Waals surface area contributed by atoms with Gasteiger partial charge in [0.25, 0.3) is 0 Å². The van der Waals surface area contributed by atoms with Gasteiger partial charge >= 0.3 is 0 Å². The van der Waals surface area contributed by atoms with Gasteiger partial charge in [-0.1, -0.05) is 11.6 Å². The molecule has 0 saturated carbocycles. The summed E-state index contributed by atoms with van der Waals surface area (Å²) in [4.78, 5) is 17.6. The molecule has 192 valence electrons. The monoisotopic (exact) mass is 532 g/mol. The number of benzene rings is 3. The molecule has 0 aliphatic rings. The van der Waals surface area contributed by atoms with Crippen LogP contribution < -0.4 is 21.3 Å². The first kappa shape index (κ1) is 25.1. The molecule has 0 spiro atoms. The predicted octanol–water partition coefficient (Wildman–Crippen LogP) is 6.75. The van der Waals surface area contributed by atoms with Gasteiger partial charge < -0.3 is 21.3 Å². The Morgan fingerprint density at radius 1 is 0.658 bits per heavy atom. The predicted molar refractivity (Wildman–Crippen MR) is 148 cm³/mol. The van der Waals surface area contributed by atoms with E-state index in [1.54, 1.807) is 30.5 Å². The Bertz CT molecular complexity index is 1470. The molecule has 2 aromatic heterocycles. The van der Waals surface area contributed by atoms with Crippen molar-refractivity contribution < 1.29 is 8.78 Å². The van der Waals surface area contributed by atoms with Crippen LogP contribution in [-0.2, 0) is 0 Å². The third-order valence-corrected chi connectivity index (χ3v) is 5.73. The Morgan fingerprint density at radius 2 is 1.24 bits per heavy atom. The van der Waals surface area contributed by atoms with E-state index in [9.17, 15) is 8.78 Å². The highest BCUT2D eigenvalue weighted by Crippen LogP contribution is 2.24. The minimum Gasteiger partial charge on any atom is -0.384 e. The molecule has 38 heavy (non-hydrogen) atoms. The number of anilines is 6. The fourth-order valence-electron chi connectivity index (χ4n) is 3.68. The SMILES string of the molecule is Fc1ccc(Nc2nc(NCCCNc3ccnc4cc(Cl)ccc34)nc(Nc3ccc(F)cc3)n2)cc1. The molecule has 5 aromatic rings. The second kappa shape index (κ2) is 11.7. The van der Waals surface area contributed by atoms with Crippen molar-refractivity contribution in [2.75, 3.05) is 34.4 Å².